The summed E-state index contributed by atoms with van der Waals surface area (Å²) in [5.41, 5.74) is 3.19. The molecule has 3 nitrogen and oxygen atoms in total. The molecule has 4 rings (SSSR count). The highest BCUT2D eigenvalue weighted by Gasteiger charge is 2.39. The summed E-state index contributed by atoms with van der Waals surface area (Å²) in [5.74, 6) is 1.36. The maximum atomic E-state index is 8.61. The molecular formula is C20H16Cl2N2O. The van der Waals surface area contributed by atoms with E-state index < -0.39 is 0 Å². The highest BCUT2D eigenvalue weighted by Crippen LogP contribution is 2.53. The van der Waals surface area contributed by atoms with Crippen molar-refractivity contribution in [2.24, 2.45) is 5.92 Å². The molecule has 126 valence electrons. The molecule has 2 aromatic rings. The van der Waals surface area contributed by atoms with Crippen LogP contribution in [0.2, 0.25) is 10.0 Å². The Labute approximate surface area is 156 Å². The molecule has 2 aliphatic rings. The van der Waals surface area contributed by atoms with E-state index >= 15 is 0 Å². The molecule has 0 radical (unpaired) electrons. The van der Waals surface area contributed by atoms with E-state index in [4.69, 9.17) is 33.2 Å². The molecule has 1 heterocycles. The lowest BCUT2D eigenvalue weighted by molar-refractivity contribution is 0.367. The van der Waals surface area contributed by atoms with Crippen molar-refractivity contribution in [2.45, 2.75) is 18.4 Å². The van der Waals surface area contributed by atoms with Crippen LogP contribution in [-0.4, -0.2) is 6.61 Å². The van der Waals surface area contributed by atoms with Crippen molar-refractivity contribution in [3.8, 4) is 11.8 Å². The van der Waals surface area contributed by atoms with Gasteiger partial charge in [0.1, 0.15) is 11.8 Å². The molecule has 0 spiro atoms. The molecule has 25 heavy (non-hydrogen) atoms. The van der Waals surface area contributed by atoms with Gasteiger partial charge in [-0.3, -0.25) is 0 Å². The summed E-state index contributed by atoms with van der Waals surface area (Å²) in [6.07, 6.45) is 5.46. The first-order chi connectivity index (χ1) is 12.2. The number of allylic oxidation sites excluding steroid dienone is 2. The summed E-state index contributed by atoms with van der Waals surface area (Å²) >= 11 is 12.9. The maximum Gasteiger partial charge on any atom is 0.174 e. The molecule has 3 atom stereocenters. The zero-order valence-electron chi connectivity index (χ0n) is 13.4. The number of fused-ring (bicyclic) bond motifs is 3. The molecule has 0 saturated heterocycles. The minimum Gasteiger partial charge on any atom is -0.479 e. The average molecular weight is 371 g/mol. The number of hydrogen-bond donors (Lipinski definition) is 1. The van der Waals surface area contributed by atoms with Crippen LogP contribution < -0.4 is 10.1 Å². The largest absolute Gasteiger partial charge is 0.479 e. The highest BCUT2D eigenvalue weighted by atomic mass is 35.5. The van der Waals surface area contributed by atoms with Crippen molar-refractivity contribution in [3.63, 3.8) is 0 Å². The monoisotopic (exact) mass is 370 g/mol. The third kappa shape index (κ3) is 2.86. The van der Waals surface area contributed by atoms with E-state index in [1.54, 1.807) is 0 Å². The molecule has 1 aliphatic carbocycles. The number of benzene rings is 2. The molecule has 0 bridgehead atoms. The van der Waals surface area contributed by atoms with Crippen molar-refractivity contribution in [1.82, 2.24) is 0 Å². The number of anilines is 1. The van der Waals surface area contributed by atoms with E-state index in [1.807, 2.05) is 42.5 Å². The lowest BCUT2D eigenvalue weighted by Gasteiger charge is -2.38. The smallest absolute Gasteiger partial charge is 0.174 e. The van der Waals surface area contributed by atoms with Crippen molar-refractivity contribution in [3.05, 3.63) is 69.7 Å². The number of halogens is 2. The normalized spacial score (nSPS) is 23.3. The topological polar surface area (TPSA) is 45.0 Å². The first kappa shape index (κ1) is 16.3. The summed E-state index contributed by atoms with van der Waals surface area (Å²) in [5, 5.41) is 13.7. The standard InChI is InChI=1S/C20H16Cl2N2O/c21-16-8-9-17(22)20-18(16)14-2-1-3-15(14)19(24-20)12-4-6-13(7-5-12)25-11-10-23/h1-2,4-9,14-15,19,24H,3,11H2. The van der Waals surface area contributed by atoms with Crippen molar-refractivity contribution in [1.29, 1.82) is 5.26 Å². The predicted molar refractivity (Wildman–Crippen MR) is 100 cm³/mol. The Kier molecular flexibility index (Phi) is 4.33. The fourth-order valence-corrected chi connectivity index (χ4v) is 4.35. The van der Waals surface area contributed by atoms with E-state index in [2.05, 4.69) is 17.5 Å². The Morgan fingerprint density at radius 1 is 1.12 bits per heavy atom. The van der Waals surface area contributed by atoms with Gasteiger partial charge in [-0.25, -0.2) is 0 Å². The van der Waals surface area contributed by atoms with Gasteiger partial charge in [-0.05, 0) is 42.2 Å². The van der Waals surface area contributed by atoms with Crippen molar-refractivity contribution >= 4 is 28.9 Å². The molecular weight excluding hydrogens is 355 g/mol. The summed E-state index contributed by atoms with van der Waals surface area (Å²) in [4.78, 5) is 0. The number of nitrogens with zero attached hydrogens (tertiary/aromatic N) is 1. The Hall–Kier alpha value is -2.15. The fourth-order valence-electron chi connectivity index (χ4n) is 3.85. The van der Waals surface area contributed by atoms with Gasteiger partial charge in [0.15, 0.2) is 6.61 Å². The molecule has 1 aliphatic heterocycles. The lowest BCUT2D eigenvalue weighted by atomic mass is 9.77. The molecule has 2 aromatic carbocycles. The highest BCUT2D eigenvalue weighted by molar-refractivity contribution is 6.36. The molecule has 1 N–H and O–H groups in total. The predicted octanol–water partition coefficient (Wildman–Crippen LogP) is 5.72. The second-order valence-corrected chi connectivity index (χ2v) is 7.12. The third-order valence-electron chi connectivity index (χ3n) is 4.96. The first-order valence-electron chi connectivity index (χ1n) is 8.20. The Morgan fingerprint density at radius 3 is 2.64 bits per heavy atom. The van der Waals surface area contributed by atoms with Gasteiger partial charge in [-0.1, -0.05) is 47.5 Å². The Bertz CT molecular complexity index is 871. The van der Waals surface area contributed by atoms with Gasteiger partial charge in [0.2, 0.25) is 0 Å². The van der Waals surface area contributed by atoms with E-state index in [-0.39, 0.29) is 18.6 Å². The number of hydrogen-bond acceptors (Lipinski definition) is 3. The number of rotatable bonds is 3. The molecule has 0 saturated carbocycles. The molecule has 0 amide bonds. The second kappa shape index (κ2) is 6.63. The van der Waals surface area contributed by atoms with E-state index in [9.17, 15) is 0 Å². The Balaban J connectivity index is 1.70. The molecule has 0 aromatic heterocycles. The van der Waals surface area contributed by atoms with Crippen LogP contribution in [-0.2, 0) is 0 Å². The molecule has 3 unspecified atom stereocenters. The SMILES string of the molecule is N#CCOc1ccc(C2Nc3c(Cl)ccc(Cl)c3C3C=CCC32)cc1. The molecule has 0 fully saturated rings. The van der Waals surface area contributed by atoms with Crippen LogP contribution in [0.1, 0.15) is 29.5 Å². The van der Waals surface area contributed by atoms with Crippen LogP contribution in [0.25, 0.3) is 0 Å². The van der Waals surface area contributed by atoms with E-state index in [0.717, 1.165) is 22.7 Å². The lowest BCUT2D eigenvalue weighted by Crippen LogP contribution is -2.29. The number of ether oxygens (including phenoxy) is 1. The van der Waals surface area contributed by atoms with Gasteiger partial charge in [0, 0.05) is 16.5 Å². The van der Waals surface area contributed by atoms with Gasteiger partial charge in [0.05, 0.1) is 16.8 Å². The summed E-state index contributed by atoms with van der Waals surface area (Å²) in [6.45, 7) is 0.0527. The average Bonchev–Trinajstić information content (AvgIpc) is 3.12. The van der Waals surface area contributed by atoms with Crippen LogP contribution in [0.4, 0.5) is 5.69 Å². The Morgan fingerprint density at radius 2 is 1.88 bits per heavy atom. The van der Waals surface area contributed by atoms with Crippen LogP contribution in [0.5, 0.6) is 5.75 Å². The van der Waals surface area contributed by atoms with Gasteiger partial charge in [0.25, 0.3) is 0 Å². The fraction of sp³-hybridized carbons (Fsp3) is 0.250. The van der Waals surface area contributed by atoms with Crippen molar-refractivity contribution < 1.29 is 4.74 Å². The van der Waals surface area contributed by atoms with Crippen LogP contribution >= 0.6 is 23.2 Å². The van der Waals surface area contributed by atoms with E-state index in [1.165, 1.54) is 5.56 Å². The van der Waals surface area contributed by atoms with E-state index in [0.29, 0.717) is 16.7 Å². The zero-order valence-corrected chi connectivity index (χ0v) is 14.9. The summed E-state index contributed by atoms with van der Waals surface area (Å²) < 4.78 is 5.34. The van der Waals surface area contributed by atoms with Crippen LogP contribution in [0, 0.1) is 17.2 Å². The first-order valence-corrected chi connectivity index (χ1v) is 8.95. The minimum atomic E-state index is 0.0527. The van der Waals surface area contributed by atoms with Crippen molar-refractivity contribution in [2.75, 3.05) is 11.9 Å². The van der Waals surface area contributed by atoms with Gasteiger partial charge >= 0.3 is 0 Å². The van der Waals surface area contributed by atoms with Crippen LogP contribution in [0.3, 0.4) is 0 Å². The number of nitrogens with one attached hydrogen (secondary N) is 1. The third-order valence-corrected chi connectivity index (χ3v) is 5.60. The summed E-state index contributed by atoms with van der Waals surface area (Å²) in [7, 11) is 0. The minimum absolute atomic E-state index is 0.0527. The number of nitriles is 1. The molecule has 5 heteroatoms. The second-order valence-electron chi connectivity index (χ2n) is 6.31. The van der Waals surface area contributed by atoms with Gasteiger partial charge in [-0.15, -0.1) is 0 Å². The van der Waals surface area contributed by atoms with Gasteiger partial charge in [-0.2, -0.15) is 5.26 Å². The maximum absolute atomic E-state index is 8.61. The quantitative estimate of drug-likeness (QED) is 0.702. The zero-order chi connectivity index (χ0) is 17.4. The van der Waals surface area contributed by atoms with Crippen LogP contribution in [0.15, 0.2) is 48.6 Å². The summed E-state index contributed by atoms with van der Waals surface area (Å²) in [6, 6.07) is 13.7. The van der Waals surface area contributed by atoms with Gasteiger partial charge < -0.3 is 10.1 Å².